The van der Waals surface area contributed by atoms with Crippen LogP contribution in [-0.4, -0.2) is 0 Å². The molecule has 0 saturated heterocycles. The number of para-hydroxylation sites is 4. The lowest BCUT2D eigenvalue weighted by Gasteiger charge is -2.33. The van der Waals surface area contributed by atoms with Crippen LogP contribution in [0.1, 0.15) is 0 Å². The maximum Gasteiger partial charge on any atom is 0.152 e. The van der Waals surface area contributed by atoms with Crippen LogP contribution in [0, 0.1) is 0 Å². The van der Waals surface area contributed by atoms with E-state index >= 15 is 0 Å². The Labute approximate surface area is 298 Å². The Morgan fingerprint density at radius 2 is 0.765 bits per heavy atom. The third-order valence-corrected chi connectivity index (χ3v) is 9.44. The molecule has 3 nitrogen and oxygen atoms in total. The van der Waals surface area contributed by atoms with Crippen molar-refractivity contribution in [3.05, 3.63) is 206 Å². The van der Waals surface area contributed by atoms with Crippen molar-refractivity contribution in [3.8, 4) is 44.9 Å². The Morgan fingerprint density at radius 3 is 1.41 bits per heavy atom. The molecular weight excluding hydrogens is 621 g/mol. The highest BCUT2D eigenvalue weighted by molar-refractivity contribution is 5.88. The molecule has 1 aliphatic heterocycles. The summed E-state index contributed by atoms with van der Waals surface area (Å²) in [5.74, 6) is 1.68. The maximum atomic E-state index is 6.49. The third kappa shape index (κ3) is 5.92. The monoisotopic (exact) mass is 654 g/mol. The molecule has 0 unspecified atom stereocenters. The Hall–Kier alpha value is -6.84. The molecular formula is C48H34N2O. The lowest BCUT2D eigenvalue weighted by molar-refractivity contribution is 0.477. The number of nitrogens with zero attached hydrogens (tertiary/aromatic N) is 2. The van der Waals surface area contributed by atoms with E-state index in [1.165, 1.54) is 22.3 Å². The van der Waals surface area contributed by atoms with Gasteiger partial charge in [-0.05, 0) is 112 Å². The van der Waals surface area contributed by atoms with Crippen LogP contribution < -0.4 is 14.5 Å². The first-order chi connectivity index (χ1) is 25.3. The summed E-state index contributed by atoms with van der Waals surface area (Å²) in [4.78, 5) is 4.57. The average molecular weight is 655 g/mol. The topological polar surface area (TPSA) is 15.7 Å². The minimum atomic E-state index is 0.833. The zero-order chi connectivity index (χ0) is 34.0. The van der Waals surface area contributed by atoms with Gasteiger partial charge in [-0.1, -0.05) is 127 Å². The molecule has 3 heteroatoms. The van der Waals surface area contributed by atoms with Crippen molar-refractivity contribution in [2.45, 2.75) is 0 Å². The van der Waals surface area contributed by atoms with Crippen molar-refractivity contribution in [3.63, 3.8) is 0 Å². The van der Waals surface area contributed by atoms with Crippen molar-refractivity contribution in [2.24, 2.45) is 0 Å². The number of hydrogen-bond acceptors (Lipinski definition) is 3. The molecule has 1 aliphatic rings. The Morgan fingerprint density at radius 1 is 0.314 bits per heavy atom. The van der Waals surface area contributed by atoms with Gasteiger partial charge >= 0.3 is 0 Å². The zero-order valence-electron chi connectivity index (χ0n) is 27.9. The first-order valence-corrected chi connectivity index (χ1v) is 17.3. The number of anilines is 6. The molecule has 0 fully saturated rings. The number of rotatable bonds is 7. The van der Waals surface area contributed by atoms with E-state index in [0.717, 1.165) is 56.8 Å². The second kappa shape index (κ2) is 13.2. The van der Waals surface area contributed by atoms with Crippen LogP contribution in [0.3, 0.4) is 0 Å². The van der Waals surface area contributed by atoms with Gasteiger partial charge in [-0.3, -0.25) is 0 Å². The molecule has 0 radical (unpaired) electrons. The van der Waals surface area contributed by atoms with Crippen LogP contribution in [0.25, 0.3) is 33.4 Å². The summed E-state index contributed by atoms with van der Waals surface area (Å²) < 4.78 is 6.49. The first kappa shape index (κ1) is 30.2. The van der Waals surface area contributed by atoms with E-state index in [-0.39, 0.29) is 0 Å². The molecule has 9 rings (SSSR count). The minimum absolute atomic E-state index is 0.833. The SMILES string of the molecule is c1ccc(-c2cccc(-c3ccc(N(c4ccccc4)c4ccc(-c5ccc6c(c5)Oc5ccccc5N6c5ccccc5)cc4)cc3)c2)cc1. The molecule has 0 saturated carbocycles. The van der Waals surface area contributed by atoms with Gasteiger partial charge in [0.15, 0.2) is 11.5 Å². The lowest BCUT2D eigenvalue weighted by atomic mass is 9.99. The second-order valence-electron chi connectivity index (χ2n) is 12.6. The van der Waals surface area contributed by atoms with Gasteiger partial charge < -0.3 is 14.5 Å². The molecule has 0 spiro atoms. The van der Waals surface area contributed by atoms with Crippen molar-refractivity contribution < 1.29 is 4.74 Å². The standard InChI is InChI=1S/C48H34N2O/c1-4-13-35(14-5-1)38-15-12-16-39(33-38)36-23-28-43(29-24-36)49(41-17-6-2-7-18-41)44-30-25-37(26-31-44)40-27-32-46-48(34-40)51-47-22-11-10-21-45(47)50(46)42-19-8-3-9-20-42/h1-34H. The fourth-order valence-corrected chi connectivity index (χ4v) is 6.93. The molecule has 0 aliphatic carbocycles. The van der Waals surface area contributed by atoms with E-state index < -0.39 is 0 Å². The summed E-state index contributed by atoms with van der Waals surface area (Å²) in [6.45, 7) is 0. The van der Waals surface area contributed by atoms with Crippen LogP contribution in [0.2, 0.25) is 0 Å². The van der Waals surface area contributed by atoms with Crippen LogP contribution in [-0.2, 0) is 0 Å². The van der Waals surface area contributed by atoms with Gasteiger partial charge in [0.1, 0.15) is 0 Å². The molecule has 8 aromatic rings. The van der Waals surface area contributed by atoms with Gasteiger partial charge in [0, 0.05) is 22.7 Å². The van der Waals surface area contributed by atoms with Crippen molar-refractivity contribution >= 4 is 34.1 Å². The van der Waals surface area contributed by atoms with Crippen LogP contribution in [0.5, 0.6) is 11.5 Å². The molecule has 0 aromatic heterocycles. The van der Waals surface area contributed by atoms with Crippen LogP contribution in [0.4, 0.5) is 34.1 Å². The largest absolute Gasteiger partial charge is 0.453 e. The summed E-state index contributed by atoms with van der Waals surface area (Å²) in [5, 5.41) is 0. The van der Waals surface area contributed by atoms with Gasteiger partial charge in [0.2, 0.25) is 0 Å². The van der Waals surface area contributed by atoms with Crippen LogP contribution in [0.15, 0.2) is 206 Å². The number of hydrogen-bond donors (Lipinski definition) is 0. The number of fused-ring (bicyclic) bond motifs is 2. The first-order valence-electron chi connectivity index (χ1n) is 17.3. The number of benzene rings is 8. The molecule has 242 valence electrons. The fourth-order valence-electron chi connectivity index (χ4n) is 6.93. The molecule has 8 aromatic carbocycles. The van der Waals surface area contributed by atoms with Crippen molar-refractivity contribution in [1.82, 2.24) is 0 Å². The maximum absolute atomic E-state index is 6.49. The van der Waals surface area contributed by atoms with Gasteiger partial charge in [0.05, 0.1) is 11.4 Å². The lowest BCUT2D eigenvalue weighted by Crippen LogP contribution is -2.15. The zero-order valence-corrected chi connectivity index (χ0v) is 27.9. The number of ether oxygens (including phenoxy) is 1. The molecule has 0 atom stereocenters. The summed E-state index contributed by atoms with van der Waals surface area (Å²) in [6, 6.07) is 72.6. The van der Waals surface area contributed by atoms with E-state index in [9.17, 15) is 0 Å². The van der Waals surface area contributed by atoms with Crippen LogP contribution >= 0.6 is 0 Å². The van der Waals surface area contributed by atoms with E-state index in [4.69, 9.17) is 4.74 Å². The fraction of sp³-hybridized carbons (Fsp3) is 0. The highest BCUT2D eigenvalue weighted by Crippen LogP contribution is 2.51. The smallest absolute Gasteiger partial charge is 0.152 e. The average Bonchev–Trinajstić information content (AvgIpc) is 3.21. The Kier molecular flexibility index (Phi) is 7.84. The van der Waals surface area contributed by atoms with Crippen molar-refractivity contribution in [2.75, 3.05) is 9.80 Å². The molecule has 51 heavy (non-hydrogen) atoms. The predicted octanol–water partition coefficient (Wildman–Crippen LogP) is 13.7. The van der Waals surface area contributed by atoms with E-state index in [0.29, 0.717) is 0 Å². The predicted molar refractivity (Wildman–Crippen MR) is 212 cm³/mol. The van der Waals surface area contributed by atoms with Gasteiger partial charge in [0.25, 0.3) is 0 Å². The normalized spacial score (nSPS) is 11.6. The molecule has 0 amide bonds. The molecule has 0 N–H and O–H groups in total. The Bertz CT molecular complexity index is 2420. The summed E-state index contributed by atoms with van der Waals surface area (Å²) in [6.07, 6.45) is 0. The molecule has 0 bridgehead atoms. The third-order valence-electron chi connectivity index (χ3n) is 9.44. The minimum Gasteiger partial charge on any atom is -0.453 e. The van der Waals surface area contributed by atoms with Gasteiger partial charge in [-0.25, -0.2) is 0 Å². The summed E-state index contributed by atoms with van der Waals surface area (Å²) in [7, 11) is 0. The van der Waals surface area contributed by atoms with E-state index in [1.54, 1.807) is 0 Å². The quantitative estimate of drug-likeness (QED) is 0.170. The van der Waals surface area contributed by atoms with Crippen molar-refractivity contribution in [1.29, 1.82) is 0 Å². The Balaban J connectivity index is 1.03. The van der Waals surface area contributed by atoms with E-state index in [1.807, 2.05) is 18.2 Å². The van der Waals surface area contributed by atoms with Gasteiger partial charge in [-0.2, -0.15) is 0 Å². The second-order valence-corrected chi connectivity index (χ2v) is 12.6. The van der Waals surface area contributed by atoms with Gasteiger partial charge in [-0.15, -0.1) is 0 Å². The highest BCUT2D eigenvalue weighted by Gasteiger charge is 2.26. The summed E-state index contributed by atoms with van der Waals surface area (Å²) >= 11 is 0. The molecule has 1 heterocycles. The van der Waals surface area contributed by atoms with E-state index in [2.05, 4.69) is 198 Å². The summed E-state index contributed by atoms with van der Waals surface area (Å²) in [5.41, 5.74) is 13.5. The highest BCUT2D eigenvalue weighted by atomic mass is 16.5.